The molecule has 0 saturated carbocycles. The summed E-state index contributed by atoms with van der Waals surface area (Å²) in [6, 6.07) is 5.96. The lowest BCUT2D eigenvalue weighted by atomic mass is 9.76. The number of rotatable bonds is 5. The lowest BCUT2D eigenvalue weighted by Gasteiger charge is -2.32. The highest BCUT2D eigenvalue weighted by atomic mass is 16.7. The number of hydrogen-bond donors (Lipinski definition) is 2. The minimum atomic E-state index is -0.598. The fraction of sp³-hybridized carbons (Fsp3) is 0.591. The van der Waals surface area contributed by atoms with Gasteiger partial charge in [-0.15, -0.1) is 0 Å². The summed E-state index contributed by atoms with van der Waals surface area (Å²) in [5.41, 5.74) is 8.14. The molecule has 0 aromatic heterocycles. The lowest BCUT2D eigenvalue weighted by Crippen LogP contribution is -2.41. The summed E-state index contributed by atoms with van der Waals surface area (Å²) in [6.45, 7) is 15.8. The standard InChI is InChI=1S/C22H35BN2O4/c1-9-15-10-11-18(24)16(12-15)13-17(14-25-19(26)27-20(2,3)4)23-28-21(5,6)22(7,8)29-23/h10-13H,9,14,24H2,1-8H3,(H,25,26). The monoisotopic (exact) mass is 402 g/mol. The number of benzene rings is 1. The highest BCUT2D eigenvalue weighted by molar-refractivity contribution is 6.56. The van der Waals surface area contributed by atoms with Gasteiger partial charge in [0.1, 0.15) is 5.60 Å². The predicted octanol–water partition coefficient (Wildman–Crippen LogP) is 4.37. The molecule has 1 fully saturated rings. The molecule has 1 aromatic carbocycles. The number of nitrogens with one attached hydrogen (secondary N) is 1. The summed E-state index contributed by atoms with van der Waals surface area (Å²) in [5.74, 6) is 0. The maximum atomic E-state index is 12.2. The Morgan fingerprint density at radius 1 is 1.21 bits per heavy atom. The molecule has 29 heavy (non-hydrogen) atoms. The normalized spacial score (nSPS) is 18.6. The smallest absolute Gasteiger partial charge is 0.444 e. The molecule has 1 heterocycles. The first-order chi connectivity index (χ1) is 13.2. The van der Waals surface area contributed by atoms with Gasteiger partial charge in [-0.25, -0.2) is 4.79 Å². The van der Waals surface area contributed by atoms with Gasteiger partial charge in [0.2, 0.25) is 0 Å². The van der Waals surface area contributed by atoms with Crippen molar-refractivity contribution in [3.05, 3.63) is 34.8 Å². The first-order valence-corrected chi connectivity index (χ1v) is 10.2. The highest BCUT2D eigenvalue weighted by Gasteiger charge is 2.52. The predicted molar refractivity (Wildman–Crippen MR) is 119 cm³/mol. The van der Waals surface area contributed by atoms with Crippen molar-refractivity contribution in [1.29, 1.82) is 0 Å². The van der Waals surface area contributed by atoms with Crippen molar-refractivity contribution in [3.8, 4) is 0 Å². The number of hydrogen-bond acceptors (Lipinski definition) is 5. The van der Waals surface area contributed by atoms with Crippen LogP contribution in [0.1, 0.15) is 66.5 Å². The minimum Gasteiger partial charge on any atom is -0.444 e. The molecule has 6 nitrogen and oxygen atoms in total. The zero-order chi connectivity index (χ0) is 22.0. The van der Waals surface area contributed by atoms with Gasteiger partial charge in [-0.1, -0.05) is 19.1 Å². The number of carbonyl (C=O) groups excluding carboxylic acids is 1. The van der Waals surface area contributed by atoms with Crippen LogP contribution in [0.2, 0.25) is 0 Å². The molecule has 0 unspecified atom stereocenters. The van der Waals surface area contributed by atoms with Crippen LogP contribution in [0.4, 0.5) is 10.5 Å². The van der Waals surface area contributed by atoms with E-state index >= 15 is 0 Å². The van der Waals surface area contributed by atoms with E-state index in [9.17, 15) is 4.79 Å². The quantitative estimate of drug-likeness (QED) is 0.565. The Hall–Kier alpha value is -1.99. The zero-order valence-corrected chi connectivity index (χ0v) is 19.0. The van der Waals surface area contributed by atoms with E-state index in [4.69, 9.17) is 19.8 Å². The third kappa shape index (κ3) is 6.00. The number of anilines is 1. The van der Waals surface area contributed by atoms with Gasteiger partial charge in [0.25, 0.3) is 0 Å². The van der Waals surface area contributed by atoms with Crippen molar-refractivity contribution in [2.45, 2.75) is 78.6 Å². The molecule has 0 radical (unpaired) electrons. The van der Waals surface area contributed by atoms with Gasteiger partial charge in [0.15, 0.2) is 0 Å². The van der Waals surface area contributed by atoms with Crippen LogP contribution in [0.5, 0.6) is 0 Å². The number of ether oxygens (including phenoxy) is 1. The van der Waals surface area contributed by atoms with Gasteiger partial charge in [0.05, 0.1) is 11.2 Å². The molecule has 160 valence electrons. The molecular formula is C22H35BN2O4. The first kappa shape index (κ1) is 23.3. The van der Waals surface area contributed by atoms with E-state index in [0.717, 1.165) is 17.5 Å². The molecule has 0 spiro atoms. The Morgan fingerprint density at radius 2 is 1.79 bits per heavy atom. The van der Waals surface area contributed by atoms with Gasteiger partial charge < -0.3 is 25.1 Å². The largest absolute Gasteiger partial charge is 0.492 e. The van der Waals surface area contributed by atoms with Crippen LogP contribution in [-0.2, 0) is 20.5 Å². The van der Waals surface area contributed by atoms with Crippen LogP contribution in [-0.4, -0.2) is 36.6 Å². The second kappa shape index (κ2) is 8.40. The van der Waals surface area contributed by atoms with Gasteiger partial charge in [-0.2, -0.15) is 0 Å². The number of alkyl carbamates (subject to hydrolysis) is 1. The number of amides is 1. The molecule has 1 aliphatic heterocycles. The Balaban J connectivity index is 2.33. The van der Waals surface area contributed by atoms with E-state index in [2.05, 4.69) is 12.2 Å². The molecule has 0 aliphatic carbocycles. The van der Waals surface area contributed by atoms with Crippen molar-refractivity contribution in [1.82, 2.24) is 5.32 Å². The van der Waals surface area contributed by atoms with Gasteiger partial charge in [0, 0.05) is 12.2 Å². The lowest BCUT2D eigenvalue weighted by molar-refractivity contribution is 0.00578. The summed E-state index contributed by atoms with van der Waals surface area (Å²) >= 11 is 0. The van der Waals surface area contributed by atoms with Gasteiger partial charge >= 0.3 is 13.2 Å². The SMILES string of the molecule is CCc1ccc(N)c(C=C(CNC(=O)OC(C)(C)C)B2OC(C)(C)C(C)(C)O2)c1. The van der Waals surface area contributed by atoms with Crippen LogP contribution in [0.3, 0.4) is 0 Å². The second-order valence-electron chi connectivity index (χ2n) is 9.48. The van der Waals surface area contributed by atoms with Crippen LogP contribution in [0, 0.1) is 0 Å². The third-order valence-corrected chi connectivity index (χ3v) is 5.29. The maximum absolute atomic E-state index is 12.2. The summed E-state index contributed by atoms with van der Waals surface area (Å²) in [6.07, 6.45) is 2.35. The van der Waals surface area contributed by atoms with Gasteiger partial charge in [-0.3, -0.25) is 0 Å². The Bertz CT molecular complexity index is 766. The van der Waals surface area contributed by atoms with Crippen LogP contribution < -0.4 is 11.1 Å². The average Bonchev–Trinajstić information content (AvgIpc) is 2.79. The Morgan fingerprint density at radius 3 is 2.31 bits per heavy atom. The summed E-state index contributed by atoms with van der Waals surface area (Å²) < 4.78 is 17.8. The van der Waals surface area contributed by atoms with Crippen LogP contribution in [0.25, 0.3) is 6.08 Å². The molecule has 0 bridgehead atoms. The second-order valence-corrected chi connectivity index (χ2v) is 9.48. The maximum Gasteiger partial charge on any atom is 0.492 e. The molecule has 3 N–H and O–H groups in total. The third-order valence-electron chi connectivity index (χ3n) is 5.29. The average molecular weight is 402 g/mol. The van der Waals surface area contributed by atoms with Crippen molar-refractivity contribution >= 4 is 25.0 Å². The topological polar surface area (TPSA) is 82.8 Å². The van der Waals surface area contributed by atoms with E-state index < -0.39 is 30.0 Å². The Labute approximate surface area is 175 Å². The minimum absolute atomic E-state index is 0.224. The highest BCUT2D eigenvalue weighted by Crippen LogP contribution is 2.39. The number of nitrogen functional groups attached to an aromatic ring is 1. The Kier molecular flexibility index (Phi) is 6.75. The van der Waals surface area contributed by atoms with Crippen LogP contribution in [0.15, 0.2) is 23.7 Å². The zero-order valence-electron chi connectivity index (χ0n) is 19.0. The van der Waals surface area contributed by atoms with Crippen molar-refractivity contribution in [3.63, 3.8) is 0 Å². The molecule has 1 aliphatic rings. The molecule has 1 amide bonds. The summed E-state index contributed by atoms with van der Waals surface area (Å²) in [4.78, 5) is 12.2. The van der Waals surface area contributed by atoms with E-state index in [-0.39, 0.29) is 6.54 Å². The first-order valence-electron chi connectivity index (χ1n) is 10.2. The summed E-state index contributed by atoms with van der Waals surface area (Å²) in [7, 11) is -0.598. The summed E-state index contributed by atoms with van der Waals surface area (Å²) in [5, 5.41) is 2.81. The molecule has 1 aromatic rings. The molecular weight excluding hydrogens is 367 g/mol. The number of nitrogens with two attached hydrogens (primary N) is 1. The van der Waals surface area contributed by atoms with Crippen LogP contribution >= 0.6 is 0 Å². The number of aryl methyl sites for hydroxylation is 1. The molecule has 0 atom stereocenters. The van der Waals surface area contributed by atoms with E-state index in [1.807, 2.05) is 72.7 Å². The van der Waals surface area contributed by atoms with E-state index in [1.54, 1.807) is 0 Å². The van der Waals surface area contributed by atoms with Crippen molar-refractivity contribution < 1.29 is 18.8 Å². The molecule has 1 saturated heterocycles. The number of carbonyl (C=O) groups is 1. The fourth-order valence-electron chi connectivity index (χ4n) is 2.85. The molecule has 2 rings (SSSR count). The van der Waals surface area contributed by atoms with Gasteiger partial charge in [-0.05, 0) is 83.6 Å². The molecule has 7 heteroatoms. The van der Waals surface area contributed by atoms with E-state index in [1.165, 1.54) is 5.56 Å². The van der Waals surface area contributed by atoms with Crippen molar-refractivity contribution in [2.24, 2.45) is 0 Å². The van der Waals surface area contributed by atoms with Crippen molar-refractivity contribution in [2.75, 3.05) is 12.3 Å². The fourth-order valence-corrected chi connectivity index (χ4v) is 2.85. The van der Waals surface area contributed by atoms with E-state index in [0.29, 0.717) is 5.69 Å².